The zero-order valence-corrected chi connectivity index (χ0v) is 13.1. The second-order valence-electron chi connectivity index (χ2n) is 6.32. The predicted molar refractivity (Wildman–Crippen MR) is 82.8 cm³/mol. The Morgan fingerprint density at radius 3 is 2.55 bits per heavy atom. The number of nitrogens with one attached hydrogen (secondary N) is 1. The van der Waals surface area contributed by atoms with Crippen molar-refractivity contribution in [2.75, 3.05) is 39.3 Å². The summed E-state index contributed by atoms with van der Waals surface area (Å²) in [5, 5.41) is 3.54. The summed E-state index contributed by atoms with van der Waals surface area (Å²) >= 11 is 0. The molecule has 1 unspecified atom stereocenters. The highest BCUT2D eigenvalue weighted by molar-refractivity contribution is 5.78. The van der Waals surface area contributed by atoms with Crippen molar-refractivity contribution in [1.29, 1.82) is 0 Å². The minimum atomic E-state index is 0.346. The Labute approximate surface area is 123 Å². The van der Waals surface area contributed by atoms with Gasteiger partial charge in [-0.2, -0.15) is 0 Å². The average Bonchev–Trinajstić information content (AvgIpc) is 2.78. The normalized spacial score (nSPS) is 24.1. The largest absolute Gasteiger partial charge is 0.342 e. The van der Waals surface area contributed by atoms with Gasteiger partial charge in [0, 0.05) is 25.7 Å². The first kappa shape index (κ1) is 15.8. The monoisotopic (exact) mass is 281 g/mol. The molecule has 4 nitrogen and oxygen atoms in total. The van der Waals surface area contributed by atoms with Crippen molar-refractivity contribution in [3.63, 3.8) is 0 Å². The number of hydrogen-bond donors (Lipinski definition) is 1. The summed E-state index contributed by atoms with van der Waals surface area (Å²) in [4.78, 5) is 16.9. The molecule has 2 heterocycles. The quantitative estimate of drug-likeness (QED) is 0.807. The first-order chi connectivity index (χ1) is 9.79. The number of hydrogen-bond acceptors (Lipinski definition) is 3. The van der Waals surface area contributed by atoms with Crippen molar-refractivity contribution < 1.29 is 4.79 Å². The molecule has 1 amide bonds. The van der Waals surface area contributed by atoms with Gasteiger partial charge >= 0.3 is 0 Å². The molecule has 2 aliphatic rings. The highest BCUT2D eigenvalue weighted by Gasteiger charge is 2.22. The van der Waals surface area contributed by atoms with Crippen molar-refractivity contribution in [2.24, 2.45) is 0 Å². The minimum absolute atomic E-state index is 0.346. The maximum absolute atomic E-state index is 12.5. The molecule has 0 saturated carbocycles. The fourth-order valence-corrected chi connectivity index (χ4v) is 3.39. The summed E-state index contributed by atoms with van der Waals surface area (Å²) in [6, 6.07) is 0.596. The van der Waals surface area contributed by atoms with Crippen LogP contribution in [-0.2, 0) is 4.79 Å². The first-order valence-electron chi connectivity index (χ1n) is 8.53. The lowest BCUT2D eigenvalue weighted by atomic mass is 10.2. The topological polar surface area (TPSA) is 35.6 Å². The van der Waals surface area contributed by atoms with E-state index in [0.29, 0.717) is 18.5 Å². The van der Waals surface area contributed by atoms with Gasteiger partial charge in [0.05, 0.1) is 6.54 Å². The number of likely N-dealkylation sites (tertiary alicyclic amines) is 1. The lowest BCUT2D eigenvalue weighted by Crippen LogP contribution is -2.45. The van der Waals surface area contributed by atoms with E-state index in [9.17, 15) is 4.79 Å². The molecule has 0 spiro atoms. The highest BCUT2D eigenvalue weighted by atomic mass is 16.2. The molecule has 20 heavy (non-hydrogen) atoms. The van der Waals surface area contributed by atoms with Gasteiger partial charge in [0.1, 0.15) is 0 Å². The molecule has 2 rings (SSSR count). The maximum Gasteiger partial charge on any atom is 0.236 e. The Balaban J connectivity index is 1.80. The van der Waals surface area contributed by atoms with Gasteiger partial charge in [-0.3, -0.25) is 9.69 Å². The molecule has 4 heteroatoms. The van der Waals surface area contributed by atoms with Crippen LogP contribution >= 0.6 is 0 Å². The van der Waals surface area contributed by atoms with E-state index >= 15 is 0 Å². The Hall–Kier alpha value is -0.610. The average molecular weight is 281 g/mol. The number of amides is 1. The SMILES string of the molecule is CCCN(CC(=O)N1CCCCCC1)CC1CCCN1. The third kappa shape index (κ3) is 5.06. The lowest BCUT2D eigenvalue weighted by Gasteiger charge is -2.28. The van der Waals surface area contributed by atoms with Crippen molar-refractivity contribution in [3.8, 4) is 0 Å². The van der Waals surface area contributed by atoms with E-state index < -0.39 is 0 Å². The van der Waals surface area contributed by atoms with E-state index in [4.69, 9.17) is 0 Å². The maximum atomic E-state index is 12.5. The van der Waals surface area contributed by atoms with Crippen molar-refractivity contribution >= 4 is 5.91 Å². The summed E-state index contributed by atoms with van der Waals surface area (Å²) in [7, 11) is 0. The molecular weight excluding hydrogens is 250 g/mol. The molecule has 2 fully saturated rings. The van der Waals surface area contributed by atoms with Crippen LogP contribution in [0.1, 0.15) is 51.9 Å². The summed E-state index contributed by atoms with van der Waals surface area (Å²) < 4.78 is 0. The molecule has 2 aliphatic heterocycles. The standard InChI is InChI=1S/C16H31N3O/c1-2-10-18(13-15-8-7-9-17-15)14-16(20)19-11-5-3-4-6-12-19/h15,17H,2-14H2,1H3. The van der Waals surface area contributed by atoms with Crippen LogP contribution in [0, 0.1) is 0 Å². The van der Waals surface area contributed by atoms with Gasteiger partial charge in [-0.1, -0.05) is 19.8 Å². The summed E-state index contributed by atoms with van der Waals surface area (Å²) in [5.74, 6) is 0.346. The van der Waals surface area contributed by atoms with Crippen molar-refractivity contribution in [3.05, 3.63) is 0 Å². The van der Waals surface area contributed by atoms with Crippen molar-refractivity contribution in [2.45, 2.75) is 57.9 Å². The van der Waals surface area contributed by atoms with E-state index in [1.54, 1.807) is 0 Å². The summed E-state index contributed by atoms with van der Waals surface area (Å²) in [5.41, 5.74) is 0. The Kier molecular flexibility index (Phi) is 6.80. The van der Waals surface area contributed by atoms with Crippen LogP contribution in [0.5, 0.6) is 0 Å². The van der Waals surface area contributed by atoms with Crippen LogP contribution in [-0.4, -0.2) is 61.0 Å². The van der Waals surface area contributed by atoms with E-state index in [1.807, 2.05) is 0 Å². The molecule has 0 aromatic rings. The minimum Gasteiger partial charge on any atom is -0.342 e. The van der Waals surface area contributed by atoms with Gasteiger partial charge in [-0.15, -0.1) is 0 Å². The zero-order chi connectivity index (χ0) is 14.2. The Morgan fingerprint density at radius 1 is 1.20 bits per heavy atom. The van der Waals surface area contributed by atoms with Gasteiger partial charge in [0.25, 0.3) is 0 Å². The first-order valence-corrected chi connectivity index (χ1v) is 8.53. The van der Waals surface area contributed by atoms with E-state index in [-0.39, 0.29) is 0 Å². The van der Waals surface area contributed by atoms with Gasteiger partial charge in [-0.25, -0.2) is 0 Å². The molecule has 0 aliphatic carbocycles. The number of carbonyl (C=O) groups is 1. The Morgan fingerprint density at radius 2 is 1.95 bits per heavy atom. The molecule has 0 bridgehead atoms. The lowest BCUT2D eigenvalue weighted by molar-refractivity contribution is -0.132. The molecular formula is C16H31N3O. The molecule has 0 aromatic heterocycles. The van der Waals surface area contributed by atoms with Gasteiger partial charge in [-0.05, 0) is 45.2 Å². The van der Waals surface area contributed by atoms with Crippen LogP contribution in [0.2, 0.25) is 0 Å². The predicted octanol–water partition coefficient (Wildman–Crippen LogP) is 1.85. The second-order valence-corrected chi connectivity index (χ2v) is 6.32. The summed E-state index contributed by atoms with van der Waals surface area (Å²) in [6.07, 6.45) is 8.61. The fraction of sp³-hybridized carbons (Fsp3) is 0.938. The van der Waals surface area contributed by atoms with Gasteiger partial charge in [0.2, 0.25) is 5.91 Å². The van der Waals surface area contributed by atoms with Crippen molar-refractivity contribution in [1.82, 2.24) is 15.1 Å². The smallest absolute Gasteiger partial charge is 0.236 e. The Bertz CT molecular complexity index is 281. The summed E-state index contributed by atoms with van der Waals surface area (Å²) in [6.45, 7) is 7.98. The fourth-order valence-electron chi connectivity index (χ4n) is 3.39. The number of rotatable bonds is 6. The molecule has 116 valence electrons. The molecule has 1 atom stereocenters. The van der Waals surface area contributed by atoms with Crippen LogP contribution in [0.3, 0.4) is 0 Å². The molecule has 1 N–H and O–H groups in total. The van der Waals surface area contributed by atoms with Crippen LogP contribution in [0.15, 0.2) is 0 Å². The van der Waals surface area contributed by atoms with E-state index in [1.165, 1.54) is 38.5 Å². The molecule has 0 aromatic carbocycles. The van der Waals surface area contributed by atoms with Gasteiger partial charge < -0.3 is 10.2 Å². The van der Waals surface area contributed by atoms with Gasteiger partial charge in [0.15, 0.2) is 0 Å². The second kappa shape index (κ2) is 8.63. The third-order valence-electron chi connectivity index (χ3n) is 4.50. The highest BCUT2D eigenvalue weighted by Crippen LogP contribution is 2.11. The van der Waals surface area contributed by atoms with Crippen LogP contribution in [0.4, 0.5) is 0 Å². The number of nitrogens with zero attached hydrogens (tertiary/aromatic N) is 2. The van der Waals surface area contributed by atoms with E-state index in [0.717, 1.165) is 39.1 Å². The van der Waals surface area contributed by atoms with Crippen LogP contribution < -0.4 is 5.32 Å². The van der Waals surface area contributed by atoms with E-state index in [2.05, 4.69) is 22.0 Å². The molecule has 0 radical (unpaired) electrons. The third-order valence-corrected chi connectivity index (χ3v) is 4.50. The molecule has 2 saturated heterocycles. The zero-order valence-electron chi connectivity index (χ0n) is 13.1. The van der Waals surface area contributed by atoms with Crippen LogP contribution in [0.25, 0.3) is 0 Å². The number of carbonyl (C=O) groups excluding carboxylic acids is 1.